The molecule has 0 spiro atoms. The van der Waals surface area contributed by atoms with Crippen LogP contribution in [0.1, 0.15) is 13.8 Å². The lowest BCUT2D eigenvalue weighted by molar-refractivity contribution is -0.0265. The molecule has 2 unspecified atom stereocenters. The molecule has 64 valence electrons. The van der Waals surface area contributed by atoms with Gasteiger partial charge in [-0.1, -0.05) is 6.92 Å². The van der Waals surface area contributed by atoms with Gasteiger partial charge in [0, 0.05) is 5.92 Å². The van der Waals surface area contributed by atoms with Crippen LogP contribution in [-0.4, -0.2) is 36.1 Å². The van der Waals surface area contributed by atoms with Crippen LogP contribution in [-0.2, 0) is 9.47 Å². The summed E-state index contributed by atoms with van der Waals surface area (Å²) in [7, 11) is 0. The van der Waals surface area contributed by atoms with Gasteiger partial charge in [0.2, 0.25) is 0 Å². The van der Waals surface area contributed by atoms with Crippen LogP contribution in [0.3, 0.4) is 0 Å². The molecule has 0 saturated carbocycles. The Morgan fingerprint density at radius 2 is 2.18 bits per heavy atom. The third-order valence-electron chi connectivity index (χ3n) is 2.98. The molecule has 2 aliphatic rings. The fourth-order valence-electron chi connectivity index (χ4n) is 1.93. The highest BCUT2D eigenvalue weighted by molar-refractivity contribution is 5.02. The van der Waals surface area contributed by atoms with E-state index in [1.54, 1.807) is 0 Å². The first-order chi connectivity index (χ1) is 5.14. The number of hydrogen-bond acceptors (Lipinski definition) is 3. The summed E-state index contributed by atoms with van der Waals surface area (Å²) in [4.78, 5) is 0. The third kappa shape index (κ3) is 0.849. The molecule has 0 aliphatic carbocycles. The van der Waals surface area contributed by atoms with Crippen molar-refractivity contribution < 1.29 is 14.6 Å². The summed E-state index contributed by atoms with van der Waals surface area (Å²) in [6.07, 6.45) is -0.526. The molecule has 1 N–H and O–H groups in total. The van der Waals surface area contributed by atoms with Gasteiger partial charge in [-0.15, -0.1) is 0 Å². The molecule has 0 aromatic heterocycles. The zero-order chi connectivity index (χ0) is 8.06. The van der Waals surface area contributed by atoms with E-state index in [0.717, 1.165) is 0 Å². The van der Waals surface area contributed by atoms with Gasteiger partial charge in [-0.25, -0.2) is 0 Å². The summed E-state index contributed by atoms with van der Waals surface area (Å²) >= 11 is 0. The molecule has 0 aromatic rings. The maximum atomic E-state index is 9.43. The Kier molecular flexibility index (Phi) is 1.50. The monoisotopic (exact) mass is 158 g/mol. The minimum absolute atomic E-state index is 0.0995. The smallest absolute Gasteiger partial charge is 0.115 e. The fraction of sp³-hybridized carbons (Fsp3) is 1.00. The number of ether oxygens (including phenoxy) is 2. The van der Waals surface area contributed by atoms with Crippen LogP contribution in [0.2, 0.25) is 0 Å². The van der Waals surface area contributed by atoms with Gasteiger partial charge in [0.25, 0.3) is 0 Å². The molecule has 11 heavy (non-hydrogen) atoms. The van der Waals surface area contributed by atoms with Gasteiger partial charge in [-0.2, -0.15) is 0 Å². The van der Waals surface area contributed by atoms with Crippen LogP contribution in [0.5, 0.6) is 0 Å². The maximum absolute atomic E-state index is 9.43. The zero-order valence-corrected chi connectivity index (χ0v) is 6.91. The van der Waals surface area contributed by atoms with E-state index in [0.29, 0.717) is 19.1 Å². The van der Waals surface area contributed by atoms with Gasteiger partial charge in [0.1, 0.15) is 12.2 Å². The van der Waals surface area contributed by atoms with Crippen molar-refractivity contribution >= 4 is 0 Å². The summed E-state index contributed by atoms with van der Waals surface area (Å²) in [6, 6.07) is 0. The van der Waals surface area contributed by atoms with E-state index in [9.17, 15) is 5.11 Å². The summed E-state index contributed by atoms with van der Waals surface area (Å²) < 4.78 is 10.9. The Morgan fingerprint density at radius 3 is 2.82 bits per heavy atom. The summed E-state index contributed by atoms with van der Waals surface area (Å²) in [6.45, 7) is 5.24. The molecule has 2 saturated heterocycles. The number of aliphatic hydroxyl groups excluding tert-OH is 1. The number of rotatable bonds is 0. The standard InChI is InChI=1S/C8H14O3/c1-5-3-10-7-6(9)4-11-8(5,7)2/h5-7,9H,3-4H2,1-2H3/t5?,6?,7-,8-/m1/s1. The van der Waals surface area contributed by atoms with E-state index >= 15 is 0 Å². The Balaban J connectivity index is 2.23. The second kappa shape index (κ2) is 2.19. The SMILES string of the molecule is CC1CO[C@@H]2C(O)CO[C@]12C. The summed E-state index contributed by atoms with van der Waals surface area (Å²) in [5, 5.41) is 9.43. The van der Waals surface area contributed by atoms with Crippen LogP contribution < -0.4 is 0 Å². The molecule has 2 rings (SSSR count). The van der Waals surface area contributed by atoms with Crippen LogP contribution in [0.25, 0.3) is 0 Å². The molecular formula is C8H14O3. The quantitative estimate of drug-likeness (QED) is 0.546. The molecule has 3 nitrogen and oxygen atoms in total. The van der Waals surface area contributed by atoms with Crippen molar-refractivity contribution in [3.63, 3.8) is 0 Å². The van der Waals surface area contributed by atoms with Crippen LogP contribution in [0.4, 0.5) is 0 Å². The second-order valence-corrected chi connectivity index (χ2v) is 3.72. The van der Waals surface area contributed by atoms with Crippen molar-refractivity contribution in [2.24, 2.45) is 5.92 Å². The van der Waals surface area contributed by atoms with Crippen LogP contribution >= 0.6 is 0 Å². The highest BCUT2D eigenvalue weighted by atomic mass is 16.6. The zero-order valence-electron chi connectivity index (χ0n) is 6.91. The second-order valence-electron chi connectivity index (χ2n) is 3.72. The maximum Gasteiger partial charge on any atom is 0.115 e. The summed E-state index contributed by atoms with van der Waals surface area (Å²) in [5.74, 6) is 0.393. The third-order valence-corrected chi connectivity index (χ3v) is 2.98. The molecule has 0 radical (unpaired) electrons. The van der Waals surface area contributed by atoms with Gasteiger partial charge in [-0.05, 0) is 6.92 Å². The normalized spacial score (nSPS) is 56.5. The minimum Gasteiger partial charge on any atom is -0.388 e. The van der Waals surface area contributed by atoms with E-state index in [1.165, 1.54) is 0 Å². The Morgan fingerprint density at radius 1 is 1.45 bits per heavy atom. The summed E-state index contributed by atoms with van der Waals surface area (Å²) in [5.41, 5.74) is -0.237. The van der Waals surface area contributed by atoms with Gasteiger partial charge in [-0.3, -0.25) is 0 Å². The van der Waals surface area contributed by atoms with E-state index in [2.05, 4.69) is 6.92 Å². The molecule has 2 fully saturated rings. The lowest BCUT2D eigenvalue weighted by Crippen LogP contribution is -2.39. The van der Waals surface area contributed by atoms with E-state index < -0.39 is 6.10 Å². The Hall–Kier alpha value is -0.120. The molecular weight excluding hydrogens is 144 g/mol. The van der Waals surface area contributed by atoms with Gasteiger partial charge in [0.05, 0.1) is 18.8 Å². The van der Waals surface area contributed by atoms with Gasteiger partial charge in [0.15, 0.2) is 0 Å². The highest BCUT2D eigenvalue weighted by Gasteiger charge is 2.54. The van der Waals surface area contributed by atoms with Gasteiger partial charge >= 0.3 is 0 Å². The van der Waals surface area contributed by atoms with Crippen molar-refractivity contribution in [1.29, 1.82) is 0 Å². The van der Waals surface area contributed by atoms with Crippen LogP contribution in [0.15, 0.2) is 0 Å². The molecule has 4 atom stereocenters. The first kappa shape index (κ1) is 7.53. The molecule has 2 aliphatic heterocycles. The highest BCUT2D eigenvalue weighted by Crippen LogP contribution is 2.40. The fourth-order valence-corrected chi connectivity index (χ4v) is 1.93. The van der Waals surface area contributed by atoms with Crippen molar-refractivity contribution in [3.8, 4) is 0 Å². The molecule has 3 heteroatoms. The van der Waals surface area contributed by atoms with E-state index in [-0.39, 0.29) is 11.7 Å². The Bertz CT molecular complexity index is 171. The number of aliphatic hydroxyl groups is 1. The molecule has 2 heterocycles. The first-order valence-electron chi connectivity index (χ1n) is 4.08. The molecule has 0 amide bonds. The molecule has 0 bridgehead atoms. The topological polar surface area (TPSA) is 38.7 Å². The van der Waals surface area contributed by atoms with Crippen molar-refractivity contribution in [2.75, 3.05) is 13.2 Å². The molecule has 0 aromatic carbocycles. The average molecular weight is 158 g/mol. The van der Waals surface area contributed by atoms with Crippen LogP contribution in [0, 0.1) is 5.92 Å². The average Bonchev–Trinajstić information content (AvgIpc) is 2.39. The minimum atomic E-state index is -0.426. The van der Waals surface area contributed by atoms with Gasteiger partial charge < -0.3 is 14.6 Å². The lowest BCUT2D eigenvalue weighted by Gasteiger charge is -2.25. The number of fused-ring (bicyclic) bond motifs is 1. The van der Waals surface area contributed by atoms with Crippen molar-refractivity contribution in [1.82, 2.24) is 0 Å². The lowest BCUT2D eigenvalue weighted by atomic mass is 9.89. The number of hydrogen-bond donors (Lipinski definition) is 1. The van der Waals surface area contributed by atoms with E-state index in [1.807, 2.05) is 6.92 Å². The van der Waals surface area contributed by atoms with Crippen molar-refractivity contribution in [2.45, 2.75) is 31.7 Å². The Labute approximate surface area is 66.3 Å². The predicted molar refractivity (Wildman–Crippen MR) is 39.3 cm³/mol. The predicted octanol–water partition coefficient (Wildman–Crippen LogP) is 0.171. The van der Waals surface area contributed by atoms with E-state index in [4.69, 9.17) is 9.47 Å². The largest absolute Gasteiger partial charge is 0.388 e. The first-order valence-corrected chi connectivity index (χ1v) is 4.08. The van der Waals surface area contributed by atoms with Crippen molar-refractivity contribution in [3.05, 3.63) is 0 Å².